The number of halogens is 3. The second-order valence-corrected chi connectivity index (χ2v) is 4.58. The lowest BCUT2D eigenvalue weighted by Gasteiger charge is -2.15. The lowest BCUT2D eigenvalue weighted by atomic mass is 10.1. The van der Waals surface area contributed by atoms with E-state index in [-0.39, 0.29) is 12.8 Å². The van der Waals surface area contributed by atoms with Crippen molar-refractivity contribution >= 4 is 11.8 Å². The maximum Gasteiger partial charge on any atom is 0.257 e. The summed E-state index contributed by atoms with van der Waals surface area (Å²) in [6.45, 7) is 0. The van der Waals surface area contributed by atoms with Crippen molar-refractivity contribution in [3.63, 3.8) is 0 Å². The quantitative estimate of drug-likeness (QED) is 0.751. The van der Waals surface area contributed by atoms with E-state index < -0.39 is 40.9 Å². The molecule has 1 aromatic rings. The Morgan fingerprint density at radius 3 is 2.32 bits per heavy atom. The number of carbonyl (C=O) groups is 2. The SMILES string of the molecule is N#CCCCC[C@H](NC(=O)c1c(F)cc(F)cc1F)C(N)=O. The number of hydrogen-bond donors (Lipinski definition) is 2. The number of rotatable bonds is 7. The van der Waals surface area contributed by atoms with Crippen LogP contribution in [-0.2, 0) is 4.79 Å². The molecular formula is C14H14F3N3O2. The number of benzene rings is 1. The number of nitrogens with zero attached hydrogens (tertiary/aromatic N) is 1. The van der Waals surface area contributed by atoms with Crippen LogP contribution in [0.2, 0.25) is 0 Å². The van der Waals surface area contributed by atoms with Gasteiger partial charge in [-0.25, -0.2) is 13.2 Å². The summed E-state index contributed by atoms with van der Waals surface area (Å²) >= 11 is 0. The highest BCUT2D eigenvalue weighted by Gasteiger charge is 2.24. The Bertz CT molecular complexity index is 591. The normalized spacial score (nSPS) is 11.5. The Balaban J connectivity index is 2.80. The molecule has 0 heterocycles. The van der Waals surface area contributed by atoms with Crippen LogP contribution in [-0.4, -0.2) is 17.9 Å². The van der Waals surface area contributed by atoms with Gasteiger partial charge in [-0.05, 0) is 19.3 Å². The van der Waals surface area contributed by atoms with Gasteiger partial charge < -0.3 is 11.1 Å². The average Bonchev–Trinajstić information content (AvgIpc) is 2.40. The maximum atomic E-state index is 13.5. The van der Waals surface area contributed by atoms with Crippen LogP contribution in [0, 0.1) is 28.8 Å². The molecule has 0 radical (unpaired) electrons. The number of nitrogens with one attached hydrogen (secondary N) is 1. The fraction of sp³-hybridized carbons (Fsp3) is 0.357. The Hall–Kier alpha value is -2.56. The van der Waals surface area contributed by atoms with Gasteiger partial charge in [0.15, 0.2) is 0 Å². The highest BCUT2D eigenvalue weighted by Crippen LogP contribution is 2.15. The van der Waals surface area contributed by atoms with Gasteiger partial charge in [0.1, 0.15) is 29.1 Å². The molecule has 0 aliphatic carbocycles. The first-order valence-corrected chi connectivity index (χ1v) is 6.48. The Morgan fingerprint density at radius 2 is 1.82 bits per heavy atom. The largest absolute Gasteiger partial charge is 0.368 e. The first kappa shape index (κ1) is 17.5. The molecule has 5 nitrogen and oxygen atoms in total. The van der Waals surface area contributed by atoms with Gasteiger partial charge in [0.25, 0.3) is 5.91 Å². The van der Waals surface area contributed by atoms with E-state index in [2.05, 4.69) is 5.32 Å². The van der Waals surface area contributed by atoms with Gasteiger partial charge in [0, 0.05) is 18.6 Å². The van der Waals surface area contributed by atoms with E-state index in [1.54, 1.807) is 0 Å². The van der Waals surface area contributed by atoms with Gasteiger partial charge in [0.05, 0.1) is 6.07 Å². The highest BCUT2D eigenvalue weighted by molar-refractivity contribution is 5.97. The van der Waals surface area contributed by atoms with Crippen molar-refractivity contribution in [2.24, 2.45) is 5.73 Å². The van der Waals surface area contributed by atoms with Gasteiger partial charge in [0.2, 0.25) is 5.91 Å². The number of hydrogen-bond acceptors (Lipinski definition) is 3. The van der Waals surface area contributed by atoms with Crippen molar-refractivity contribution in [1.29, 1.82) is 5.26 Å². The summed E-state index contributed by atoms with van der Waals surface area (Å²) in [6, 6.07) is 1.52. The second kappa shape index (κ2) is 8.02. The highest BCUT2D eigenvalue weighted by atomic mass is 19.1. The average molecular weight is 313 g/mol. The summed E-state index contributed by atoms with van der Waals surface area (Å²) in [5, 5.41) is 10.5. The zero-order valence-corrected chi connectivity index (χ0v) is 11.5. The van der Waals surface area contributed by atoms with Crippen LogP contribution in [0.4, 0.5) is 13.2 Å². The minimum Gasteiger partial charge on any atom is -0.368 e. The van der Waals surface area contributed by atoms with Gasteiger partial charge in [-0.1, -0.05) is 0 Å². The number of amides is 2. The summed E-state index contributed by atoms with van der Waals surface area (Å²) in [4.78, 5) is 23.1. The second-order valence-electron chi connectivity index (χ2n) is 4.58. The molecule has 0 bridgehead atoms. The zero-order chi connectivity index (χ0) is 16.7. The van der Waals surface area contributed by atoms with Crippen molar-refractivity contribution in [3.05, 3.63) is 35.1 Å². The molecule has 1 atom stereocenters. The third kappa shape index (κ3) is 4.77. The summed E-state index contributed by atoms with van der Waals surface area (Å²) in [5.74, 6) is -5.97. The zero-order valence-electron chi connectivity index (χ0n) is 11.5. The summed E-state index contributed by atoms with van der Waals surface area (Å²) in [5.41, 5.74) is 4.13. The maximum absolute atomic E-state index is 13.5. The molecule has 0 unspecified atom stereocenters. The minimum atomic E-state index is -1.37. The molecule has 22 heavy (non-hydrogen) atoms. The molecule has 1 aromatic carbocycles. The molecule has 0 saturated carbocycles. The van der Waals surface area contributed by atoms with Crippen LogP contribution >= 0.6 is 0 Å². The number of carbonyl (C=O) groups excluding carboxylic acids is 2. The van der Waals surface area contributed by atoms with E-state index in [1.807, 2.05) is 6.07 Å². The van der Waals surface area contributed by atoms with Crippen molar-refractivity contribution in [3.8, 4) is 6.07 Å². The first-order valence-electron chi connectivity index (χ1n) is 6.48. The molecule has 1 rings (SSSR count). The van der Waals surface area contributed by atoms with Crippen LogP contribution in [0.1, 0.15) is 36.0 Å². The van der Waals surface area contributed by atoms with Crippen LogP contribution in [0.3, 0.4) is 0 Å². The van der Waals surface area contributed by atoms with E-state index in [9.17, 15) is 22.8 Å². The first-order chi connectivity index (χ1) is 10.4. The number of unbranched alkanes of at least 4 members (excludes halogenated alkanes) is 2. The Kier molecular flexibility index (Phi) is 6.38. The van der Waals surface area contributed by atoms with E-state index in [0.29, 0.717) is 25.0 Å². The summed E-state index contributed by atoms with van der Waals surface area (Å²) in [6.07, 6.45) is 1.33. The predicted octanol–water partition coefficient (Wildman–Crippen LogP) is 1.77. The van der Waals surface area contributed by atoms with Crippen molar-refractivity contribution in [1.82, 2.24) is 5.32 Å². The number of nitrogens with two attached hydrogens (primary N) is 1. The van der Waals surface area contributed by atoms with Crippen LogP contribution in [0.5, 0.6) is 0 Å². The Labute approximate surface area is 124 Å². The molecular weight excluding hydrogens is 299 g/mol. The molecule has 0 spiro atoms. The van der Waals surface area contributed by atoms with Gasteiger partial charge in [-0.3, -0.25) is 9.59 Å². The monoisotopic (exact) mass is 313 g/mol. The van der Waals surface area contributed by atoms with E-state index in [0.717, 1.165) is 0 Å². The van der Waals surface area contributed by atoms with Crippen LogP contribution in [0.15, 0.2) is 12.1 Å². The molecule has 0 aliphatic rings. The lowest BCUT2D eigenvalue weighted by molar-refractivity contribution is -0.120. The fourth-order valence-corrected chi connectivity index (χ4v) is 1.83. The van der Waals surface area contributed by atoms with Crippen molar-refractivity contribution in [2.45, 2.75) is 31.7 Å². The molecule has 0 aromatic heterocycles. The fourth-order valence-electron chi connectivity index (χ4n) is 1.83. The van der Waals surface area contributed by atoms with E-state index >= 15 is 0 Å². The van der Waals surface area contributed by atoms with E-state index in [1.165, 1.54) is 0 Å². The van der Waals surface area contributed by atoms with E-state index in [4.69, 9.17) is 11.0 Å². The third-order valence-electron chi connectivity index (χ3n) is 2.91. The van der Waals surface area contributed by atoms with Gasteiger partial charge >= 0.3 is 0 Å². The molecule has 0 saturated heterocycles. The predicted molar refractivity (Wildman–Crippen MR) is 70.8 cm³/mol. The molecule has 2 amide bonds. The smallest absolute Gasteiger partial charge is 0.257 e. The molecule has 8 heteroatoms. The minimum absolute atomic E-state index is 0.132. The summed E-state index contributed by atoms with van der Waals surface area (Å²) in [7, 11) is 0. The topological polar surface area (TPSA) is 96.0 Å². The number of primary amides is 1. The van der Waals surface area contributed by atoms with Crippen LogP contribution < -0.4 is 11.1 Å². The van der Waals surface area contributed by atoms with Crippen molar-refractivity contribution in [2.75, 3.05) is 0 Å². The van der Waals surface area contributed by atoms with Crippen LogP contribution in [0.25, 0.3) is 0 Å². The number of nitriles is 1. The molecule has 3 N–H and O–H groups in total. The molecule has 118 valence electrons. The third-order valence-corrected chi connectivity index (χ3v) is 2.91. The molecule has 0 aliphatic heterocycles. The summed E-state index contributed by atoms with van der Waals surface area (Å²) < 4.78 is 39.7. The van der Waals surface area contributed by atoms with Gasteiger partial charge in [-0.15, -0.1) is 0 Å². The van der Waals surface area contributed by atoms with Gasteiger partial charge in [-0.2, -0.15) is 5.26 Å². The van der Waals surface area contributed by atoms with Crippen molar-refractivity contribution < 1.29 is 22.8 Å². The lowest BCUT2D eigenvalue weighted by Crippen LogP contribution is -2.44. The molecule has 0 fully saturated rings. The standard InChI is InChI=1S/C14H14F3N3O2/c15-8-6-9(16)12(10(17)7-8)14(22)20-11(13(19)21)4-2-1-3-5-18/h6-7,11H,1-4H2,(H2,19,21)(H,20,22)/t11-/m0/s1. The Morgan fingerprint density at radius 1 is 1.23 bits per heavy atom.